The summed E-state index contributed by atoms with van der Waals surface area (Å²) in [5.74, 6) is 0.869. The second-order valence-corrected chi connectivity index (χ2v) is 14.3. The van der Waals surface area contributed by atoms with Gasteiger partial charge in [0.2, 0.25) is 0 Å². The maximum absolute atomic E-state index is 5.49. The summed E-state index contributed by atoms with van der Waals surface area (Å²) in [5, 5.41) is 0. The van der Waals surface area contributed by atoms with Crippen LogP contribution < -0.4 is 0 Å². The van der Waals surface area contributed by atoms with Crippen LogP contribution in [-0.2, 0) is 8.85 Å². The number of hydrogen-bond donors (Lipinski definition) is 0. The van der Waals surface area contributed by atoms with Crippen LogP contribution in [0.1, 0.15) is 6.92 Å². The Kier molecular flexibility index (Phi) is 3.20. The molecule has 1 atom stereocenters. The molecule has 0 bridgehead atoms. The molecule has 0 N–H and O–H groups in total. The van der Waals surface area contributed by atoms with Crippen LogP contribution in [-0.4, -0.2) is 40.5 Å². The van der Waals surface area contributed by atoms with E-state index in [4.69, 9.17) is 8.85 Å². The van der Waals surface area contributed by atoms with Gasteiger partial charge in [-0.1, -0.05) is 0 Å². The molecule has 60 valence electrons. The van der Waals surface area contributed by atoms with Crippen molar-refractivity contribution in [1.82, 2.24) is 0 Å². The molecule has 0 spiro atoms. The fourth-order valence-corrected chi connectivity index (χ4v) is 14.6. The zero-order valence-corrected chi connectivity index (χ0v) is 10.0. The van der Waals surface area contributed by atoms with Crippen molar-refractivity contribution in [3.8, 4) is 0 Å². The molecule has 0 radical (unpaired) electrons. The molecule has 0 aromatic heterocycles. The van der Waals surface area contributed by atoms with E-state index in [-0.39, 0.29) is 20.1 Å². The van der Waals surface area contributed by atoms with Crippen molar-refractivity contribution < 1.29 is 8.85 Å². The van der Waals surface area contributed by atoms with E-state index in [1.807, 2.05) is 14.2 Å². The van der Waals surface area contributed by atoms with Crippen LogP contribution in [0, 0.1) is 5.92 Å². The van der Waals surface area contributed by atoms with E-state index in [0.29, 0.717) is 0 Å². The van der Waals surface area contributed by atoms with Gasteiger partial charge in [-0.15, -0.1) is 0 Å². The van der Waals surface area contributed by atoms with Gasteiger partial charge in [0.15, 0.2) is 0 Å². The molecule has 1 rings (SSSR count). The first-order chi connectivity index (χ1) is 4.72. The third-order valence-corrected chi connectivity index (χ3v) is 16.0. The molecule has 0 amide bonds. The first-order valence-electron chi connectivity index (χ1n) is 3.46. The fraction of sp³-hybridized carbons (Fsp3) is 1.00. The molecule has 1 unspecified atom stereocenters. The van der Waals surface area contributed by atoms with Gasteiger partial charge in [0, 0.05) is 0 Å². The Morgan fingerprint density at radius 1 is 1.40 bits per heavy atom. The van der Waals surface area contributed by atoms with Crippen molar-refractivity contribution in [3.05, 3.63) is 0 Å². The normalized spacial score (nSPS) is 30.9. The molecular weight excluding hydrogens is 260 g/mol. The predicted octanol–water partition coefficient (Wildman–Crippen LogP) is 0.990. The Hall–Kier alpha value is 0.926. The number of rotatable bonds is 2. The zero-order valence-electron chi connectivity index (χ0n) is 6.72. The molecule has 0 saturated carbocycles. The summed E-state index contributed by atoms with van der Waals surface area (Å²) in [7, 11) is 3.64. The average molecular weight is 274 g/mol. The van der Waals surface area contributed by atoms with Gasteiger partial charge in [0.05, 0.1) is 0 Å². The van der Waals surface area contributed by atoms with Gasteiger partial charge in [-0.2, -0.15) is 0 Å². The van der Waals surface area contributed by atoms with Crippen molar-refractivity contribution in [2.75, 3.05) is 14.2 Å². The van der Waals surface area contributed by atoms with Crippen LogP contribution in [0.4, 0.5) is 0 Å². The summed E-state index contributed by atoms with van der Waals surface area (Å²) < 4.78 is 12.4. The van der Waals surface area contributed by atoms with Gasteiger partial charge in [-0.3, -0.25) is 0 Å². The molecule has 1 aliphatic heterocycles. The van der Waals surface area contributed by atoms with Gasteiger partial charge in [0.25, 0.3) is 0 Å². The SMILES string of the molecule is CO[Si]1(OC)CC(C)C[Te]1. The van der Waals surface area contributed by atoms with Crippen molar-refractivity contribution in [1.29, 1.82) is 0 Å². The average Bonchev–Trinajstić information content (AvgIpc) is 2.33. The quantitative estimate of drug-likeness (QED) is 0.699. The van der Waals surface area contributed by atoms with Crippen LogP contribution in [0.2, 0.25) is 10.5 Å². The minimum absolute atomic E-state index is 0.0731. The van der Waals surface area contributed by atoms with Crippen molar-refractivity contribution >= 4 is 26.2 Å². The van der Waals surface area contributed by atoms with Crippen LogP contribution in [0.25, 0.3) is 0 Å². The fourth-order valence-electron chi connectivity index (χ4n) is 1.18. The summed E-state index contributed by atoms with van der Waals surface area (Å²) in [6, 6.07) is 1.24. The molecule has 0 aromatic rings. The molecule has 1 heterocycles. The second-order valence-electron chi connectivity index (χ2n) is 2.71. The van der Waals surface area contributed by atoms with Crippen LogP contribution >= 0.6 is 0 Å². The Morgan fingerprint density at radius 2 is 2.00 bits per heavy atom. The third kappa shape index (κ3) is 1.75. The van der Waals surface area contributed by atoms with Crippen LogP contribution in [0.15, 0.2) is 0 Å². The Bertz CT molecular complexity index is 116. The van der Waals surface area contributed by atoms with Crippen molar-refractivity contribution in [2.45, 2.75) is 17.4 Å². The van der Waals surface area contributed by atoms with E-state index in [1.165, 1.54) is 10.5 Å². The summed E-state index contributed by atoms with van der Waals surface area (Å²) in [5.41, 5.74) is 0. The molecule has 4 heteroatoms. The van der Waals surface area contributed by atoms with Crippen molar-refractivity contribution in [3.63, 3.8) is 0 Å². The molecule has 1 saturated heterocycles. The van der Waals surface area contributed by atoms with Crippen molar-refractivity contribution in [2.24, 2.45) is 5.92 Å². The summed E-state index contributed by atoms with van der Waals surface area (Å²) in [6.45, 7) is 2.30. The summed E-state index contributed by atoms with van der Waals surface area (Å²) in [6.07, 6.45) is -1.51. The Balaban J connectivity index is 2.51. The minimum atomic E-state index is -1.51. The standard InChI is InChI=1S/C6H14O2SiTe/c1-6-4-9(7-2,8-3)10-5-6/h6H,4-5H2,1-3H3. The molecule has 1 aliphatic rings. The number of hydrogen-bond acceptors (Lipinski definition) is 2. The van der Waals surface area contributed by atoms with Gasteiger partial charge in [-0.25, -0.2) is 0 Å². The summed E-state index contributed by atoms with van der Waals surface area (Å²) >= 11 is 0.0731. The third-order valence-electron chi connectivity index (χ3n) is 1.81. The first kappa shape index (κ1) is 9.02. The monoisotopic (exact) mass is 276 g/mol. The predicted molar refractivity (Wildman–Crippen MR) is 44.3 cm³/mol. The van der Waals surface area contributed by atoms with Gasteiger partial charge < -0.3 is 0 Å². The Labute approximate surface area is 72.7 Å². The molecular formula is C6H14O2SiTe. The summed E-state index contributed by atoms with van der Waals surface area (Å²) in [4.78, 5) is 0. The van der Waals surface area contributed by atoms with Gasteiger partial charge in [-0.05, 0) is 0 Å². The molecule has 1 fully saturated rings. The maximum atomic E-state index is 5.49. The van der Waals surface area contributed by atoms with E-state index in [2.05, 4.69) is 6.92 Å². The van der Waals surface area contributed by atoms with E-state index >= 15 is 0 Å². The van der Waals surface area contributed by atoms with E-state index in [0.717, 1.165) is 5.92 Å². The molecule has 10 heavy (non-hydrogen) atoms. The van der Waals surface area contributed by atoms with E-state index < -0.39 is 6.11 Å². The Morgan fingerprint density at radius 3 is 2.20 bits per heavy atom. The van der Waals surface area contributed by atoms with Gasteiger partial charge >= 0.3 is 72.7 Å². The van der Waals surface area contributed by atoms with E-state index in [9.17, 15) is 0 Å². The molecule has 2 nitrogen and oxygen atoms in total. The topological polar surface area (TPSA) is 18.5 Å². The second kappa shape index (κ2) is 3.55. The van der Waals surface area contributed by atoms with Crippen LogP contribution in [0.3, 0.4) is 0 Å². The zero-order chi connectivity index (χ0) is 7.61. The first-order valence-corrected chi connectivity index (χ1v) is 10.5. The van der Waals surface area contributed by atoms with Gasteiger partial charge in [0.1, 0.15) is 0 Å². The van der Waals surface area contributed by atoms with E-state index in [1.54, 1.807) is 0 Å². The van der Waals surface area contributed by atoms with Crippen LogP contribution in [0.5, 0.6) is 0 Å². The molecule has 0 aromatic carbocycles. The molecule has 0 aliphatic carbocycles.